The molecule has 84 valence electrons. The van der Waals surface area contributed by atoms with Gasteiger partial charge in [0.2, 0.25) is 0 Å². The van der Waals surface area contributed by atoms with Crippen LogP contribution in [-0.4, -0.2) is 22.8 Å². The maximum absolute atomic E-state index is 11.5. The first-order chi connectivity index (χ1) is 7.72. The van der Waals surface area contributed by atoms with Crippen molar-refractivity contribution in [2.24, 2.45) is 0 Å². The molecule has 0 aliphatic carbocycles. The predicted molar refractivity (Wildman–Crippen MR) is 55.1 cm³/mol. The lowest BCUT2D eigenvalue weighted by Crippen LogP contribution is -2.36. The summed E-state index contributed by atoms with van der Waals surface area (Å²) in [5, 5.41) is 8.72. The fourth-order valence-electron chi connectivity index (χ4n) is 1.78. The van der Waals surface area contributed by atoms with Crippen molar-refractivity contribution < 1.29 is 4.74 Å². The fraction of sp³-hybridized carbons (Fsp3) is 0.500. The molecule has 6 heteroatoms. The summed E-state index contributed by atoms with van der Waals surface area (Å²) in [6, 6.07) is 1.67. The molecule has 6 nitrogen and oxygen atoms in total. The minimum absolute atomic E-state index is 0.0508. The Hall–Kier alpha value is -1.87. The molecule has 1 saturated heterocycles. The minimum atomic E-state index is -0.638. The Morgan fingerprint density at radius 3 is 3.00 bits per heavy atom. The second kappa shape index (κ2) is 4.33. The van der Waals surface area contributed by atoms with Crippen molar-refractivity contribution in [2.75, 3.05) is 13.2 Å². The maximum Gasteiger partial charge on any atom is 0.328 e. The molecule has 0 amide bonds. The number of hydrogen-bond acceptors (Lipinski definition) is 4. The Morgan fingerprint density at radius 2 is 2.38 bits per heavy atom. The van der Waals surface area contributed by atoms with Crippen molar-refractivity contribution in [1.29, 1.82) is 5.26 Å². The van der Waals surface area contributed by atoms with Crippen molar-refractivity contribution in [2.45, 2.75) is 18.9 Å². The lowest BCUT2D eigenvalue weighted by Gasteiger charge is -2.23. The van der Waals surface area contributed by atoms with Gasteiger partial charge < -0.3 is 4.74 Å². The van der Waals surface area contributed by atoms with Gasteiger partial charge in [0.15, 0.2) is 0 Å². The summed E-state index contributed by atoms with van der Waals surface area (Å²) in [5.41, 5.74) is -1.18. The predicted octanol–water partition coefficient (Wildman–Crippen LogP) is -0.240. The van der Waals surface area contributed by atoms with E-state index in [9.17, 15) is 9.59 Å². The highest BCUT2D eigenvalue weighted by Gasteiger charge is 2.18. The van der Waals surface area contributed by atoms with Crippen LogP contribution in [0.1, 0.15) is 24.4 Å². The molecule has 1 atom stereocenters. The molecule has 0 bridgehead atoms. The summed E-state index contributed by atoms with van der Waals surface area (Å²) >= 11 is 0. The fourth-order valence-corrected chi connectivity index (χ4v) is 1.78. The van der Waals surface area contributed by atoms with Crippen molar-refractivity contribution >= 4 is 0 Å². The van der Waals surface area contributed by atoms with Gasteiger partial charge in [-0.1, -0.05) is 0 Å². The molecule has 1 aromatic rings. The number of ether oxygens (including phenoxy) is 1. The highest BCUT2D eigenvalue weighted by atomic mass is 16.5. The third-order valence-electron chi connectivity index (χ3n) is 2.62. The van der Waals surface area contributed by atoms with Crippen LogP contribution < -0.4 is 11.2 Å². The molecule has 1 N–H and O–H groups in total. The van der Waals surface area contributed by atoms with Crippen LogP contribution in [0.15, 0.2) is 15.8 Å². The first-order valence-corrected chi connectivity index (χ1v) is 5.05. The Bertz CT molecular complexity index is 531. The Labute approximate surface area is 91.1 Å². The normalized spacial score (nSPS) is 20.3. The van der Waals surface area contributed by atoms with E-state index in [4.69, 9.17) is 10.00 Å². The van der Waals surface area contributed by atoms with Crippen LogP contribution in [0, 0.1) is 11.3 Å². The van der Waals surface area contributed by atoms with Gasteiger partial charge in [0.1, 0.15) is 11.6 Å². The number of H-pyrrole nitrogens is 1. The highest BCUT2D eigenvalue weighted by Crippen LogP contribution is 2.16. The van der Waals surface area contributed by atoms with Crippen molar-refractivity contribution in [3.63, 3.8) is 0 Å². The molecule has 0 saturated carbocycles. The van der Waals surface area contributed by atoms with Crippen molar-refractivity contribution in [3.8, 4) is 6.07 Å². The van der Waals surface area contributed by atoms with Gasteiger partial charge in [-0.15, -0.1) is 0 Å². The van der Waals surface area contributed by atoms with Crippen LogP contribution >= 0.6 is 0 Å². The van der Waals surface area contributed by atoms with Crippen LogP contribution in [0.5, 0.6) is 0 Å². The van der Waals surface area contributed by atoms with Crippen molar-refractivity contribution in [3.05, 3.63) is 32.6 Å². The maximum atomic E-state index is 11.5. The smallest absolute Gasteiger partial charge is 0.328 e. The number of aromatic amines is 1. The zero-order chi connectivity index (χ0) is 11.5. The van der Waals surface area contributed by atoms with Crippen LogP contribution in [0.4, 0.5) is 0 Å². The first kappa shape index (κ1) is 10.6. The van der Waals surface area contributed by atoms with Crippen LogP contribution in [0.3, 0.4) is 0 Å². The highest BCUT2D eigenvalue weighted by molar-refractivity contribution is 5.21. The standard InChI is InChI=1S/C10H11N3O3/c11-4-7-5-13(10(15)12-9(7)14)8-2-1-3-16-6-8/h5,8H,1-3,6H2,(H,12,14,15). The summed E-state index contributed by atoms with van der Waals surface area (Å²) in [5.74, 6) is 0. The quantitative estimate of drug-likeness (QED) is 0.708. The Morgan fingerprint density at radius 1 is 1.56 bits per heavy atom. The number of rotatable bonds is 1. The van der Waals surface area contributed by atoms with E-state index in [1.165, 1.54) is 10.8 Å². The number of nitrogens with zero attached hydrogens (tertiary/aromatic N) is 2. The van der Waals surface area contributed by atoms with Crippen molar-refractivity contribution in [1.82, 2.24) is 9.55 Å². The minimum Gasteiger partial charge on any atom is -0.379 e. The number of nitrogens with one attached hydrogen (secondary N) is 1. The van der Waals surface area contributed by atoms with Gasteiger partial charge in [0.25, 0.3) is 5.56 Å². The van der Waals surface area contributed by atoms with Gasteiger partial charge in [0.05, 0.1) is 12.6 Å². The lowest BCUT2D eigenvalue weighted by molar-refractivity contribution is 0.0574. The molecule has 1 aromatic heterocycles. The molecule has 1 aliphatic heterocycles. The summed E-state index contributed by atoms with van der Waals surface area (Å²) in [6.45, 7) is 1.14. The van der Waals surface area contributed by atoms with E-state index in [-0.39, 0.29) is 11.6 Å². The summed E-state index contributed by atoms with van der Waals surface area (Å²) in [4.78, 5) is 24.9. The second-order valence-corrected chi connectivity index (χ2v) is 3.69. The molecule has 16 heavy (non-hydrogen) atoms. The number of nitriles is 1. The topological polar surface area (TPSA) is 87.9 Å². The van der Waals surface area contributed by atoms with E-state index in [1.807, 2.05) is 0 Å². The largest absolute Gasteiger partial charge is 0.379 e. The molecule has 0 radical (unpaired) electrons. The second-order valence-electron chi connectivity index (χ2n) is 3.69. The molecule has 0 spiro atoms. The first-order valence-electron chi connectivity index (χ1n) is 5.05. The van der Waals surface area contributed by atoms with Gasteiger partial charge in [-0.05, 0) is 12.8 Å². The molecule has 1 unspecified atom stereocenters. The monoisotopic (exact) mass is 221 g/mol. The summed E-state index contributed by atoms with van der Waals surface area (Å²) in [6.07, 6.45) is 3.00. The van der Waals surface area contributed by atoms with E-state index >= 15 is 0 Å². The van der Waals surface area contributed by atoms with E-state index < -0.39 is 11.2 Å². The lowest BCUT2D eigenvalue weighted by atomic mass is 10.1. The molecule has 2 rings (SSSR count). The molecule has 2 heterocycles. The van der Waals surface area contributed by atoms with Crippen LogP contribution in [0.25, 0.3) is 0 Å². The van der Waals surface area contributed by atoms with Crippen LogP contribution in [0.2, 0.25) is 0 Å². The van der Waals surface area contributed by atoms with E-state index in [2.05, 4.69) is 4.98 Å². The Kier molecular flexibility index (Phi) is 2.88. The zero-order valence-electron chi connectivity index (χ0n) is 8.60. The zero-order valence-corrected chi connectivity index (χ0v) is 8.60. The average molecular weight is 221 g/mol. The Balaban J connectivity index is 2.44. The number of aromatic nitrogens is 2. The van der Waals surface area contributed by atoms with E-state index in [1.54, 1.807) is 6.07 Å². The molecule has 1 fully saturated rings. The third kappa shape index (κ3) is 1.90. The van der Waals surface area contributed by atoms with Gasteiger partial charge in [-0.3, -0.25) is 14.3 Å². The third-order valence-corrected chi connectivity index (χ3v) is 2.62. The molecular formula is C10H11N3O3. The number of hydrogen-bond donors (Lipinski definition) is 1. The van der Waals surface area contributed by atoms with Crippen LogP contribution in [-0.2, 0) is 4.74 Å². The van der Waals surface area contributed by atoms with Gasteiger partial charge in [-0.25, -0.2) is 4.79 Å². The van der Waals surface area contributed by atoms with Gasteiger partial charge in [-0.2, -0.15) is 5.26 Å². The molecule has 1 aliphatic rings. The SMILES string of the molecule is N#Cc1cn(C2CCCOC2)c(=O)[nH]c1=O. The average Bonchev–Trinajstić information content (AvgIpc) is 2.30. The van der Waals surface area contributed by atoms with E-state index in [0.29, 0.717) is 13.2 Å². The van der Waals surface area contributed by atoms with Gasteiger partial charge >= 0.3 is 5.69 Å². The van der Waals surface area contributed by atoms with E-state index in [0.717, 1.165) is 12.8 Å². The van der Waals surface area contributed by atoms with Gasteiger partial charge in [0, 0.05) is 12.8 Å². The molecule has 0 aromatic carbocycles. The molecular weight excluding hydrogens is 210 g/mol. The summed E-state index contributed by atoms with van der Waals surface area (Å²) in [7, 11) is 0. The summed E-state index contributed by atoms with van der Waals surface area (Å²) < 4.78 is 6.63.